The van der Waals surface area contributed by atoms with Crippen molar-refractivity contribution in [3.63, 3.8) is 0 Å². The number of ether oxygens (including phenoxy) is 3. The van der Waals surface area contributed by atoms with Crippen LogP contribution in [0.15, 0.2) is 114 Å². The lowest BCUT2D eigenvalue weighted by molar-refractivity contribution is 0.0461. The number of carboxylic acid groups (broad SMARTS) is 1. The first-order valence-electron chi connectivity index (χ1n) is 30.5. The number of benzene rings is 4. The van der Waals surface area contributed by atoms with Crippen molar-refractivity contribution < 1.29 is 37.7 Å². The number of hydrogen-bond acceptors (Lipinski definition) is 15. The van der Waals surface area contributed by atoms with E-state index in [2.05, 4.69) is 140 Å². The van der Waals surface area contributed by atoms with E-state index in [1.165, 1.54) is 27.8 Å². The number of amides is 1. The van der Waals surface area contributed by atoms with E-state index in [4.69, 9.17) is 38.8 Å². The Kier molecular flexibility index (Phi) is 23.1. The van der Waals surface area contributed by atoms with Gasteiger partial charge in [0.15, 0.2) is 38.8 Å². The average Bonchev–Trinajstić information content (AvgIpc) is 2.16. The maximum absolute atomic E-state index is 15.2. The van der Waals surface area contributed by atoms with Gasteiger partial charge in [-0.25, -0.2) is 19.0 Å². The number of aromatic carboxylic acids is 1. The monoisotopic (exact) mass is 1270 g/mol. The number of nitrogens with one attached hydrogen (secondary N) is 1. The van der Waals surface area contributed by atoms with Gasteiger partial charge in [0.25, 0.3) is 8.32 Å². The number of carboxylic acids is 1. The number of aromatic nitrogens is 4. The molecule has 1 atom stereocenters. The Morgan fingerprint density at radius 2 is 1.57 bits per heavy atom. The Morgan fingerprint density at radius 3 is 2.19 bits per heavy atom. The summed E-state index contributed by atoms with van der Waals surface area (Å²) in [7, 11) is -0.554. The molecule has 4 heterocycles. The first-order chi connectivity index (χ1) is 41.9. The summed E-state index contributed by atoms with van der Waals surface area (Å²) in [5.41, 5.74) is 1.68. The molecule has 2 N–H and O–H groups in total. The molecule has 3 aromatic heterocycles. The van der Waals surface area contributed by atoms with Gasteiger partial charge in [0.05, 0.1) is 29.5 Å². The molecule has 0 saturated carbocycles. The molecule has 0 bridgehead atoms. The van der Waals surface area contributed by atoms with Crippen LogP contribution in [-0.4, -0.2) is 141 Å². The molecule has 16 nitrogen and oxygen atoms in total. The van der Waals surface area contributed by atoms with Crippen LogP contribution < -0.4 is 30.1 Å². The zero-order valence-corrected chi connectivity index (χ0v) is 57.0. The Labute approximate surface area is 529 Å². The standard InChI is InChI=1S/C67H88FN9O7S2Si2/c1-48-44-59(72-73-61(48)71-64-77(47-81-42-43-87(10,11)12)55-30-19-20-31-57(55)85-64)76(63-70-60(62(78)79)58(86-63)32-23-41-82-56-34-33-49(45-54(56)68)24-21-37-74(8)9)38-22-25-51(46-75-39-35-50(36-40-75)69-65(80)83-66(2,3)4)84-88(67(5,6)7,52-26-15-13-16-27-52)53-28-17-14-18-29-53/h13-20,26-31,33-34,44-45,50-51H,22-23,25,32,35-43,46-47H2,1-12H3,(H,69,80)(H,78,79)/b71-64-. The van der Waals surface area contributed by atoms with Crippen LogP contribution in [0, 0.1) is 24.6 Å². The highest BCUT2D eigenvalue weighted by atomic mass is 32.1. The third kappa shape index (κ3) is 18.5. The van der Waals surface area contributed by atoms with E-state index >= 15 is 4.39 Å². The van der Waals surface area contributed by atoms with E-state index in [0.29, 0.717) is 85.9 Å². The van der Waals surface area contributed by atoms with Gasteiger partial charge in [-0.3, -0.25) is 9.47 Å². The quantitative estimate of drug-likeness (QED) is 0.0299. The van der Waals surface area contributed by atoms with Gasteiger partial charge in [0.2, 0.25) is 0 Å². The summed E-state index contributed by atoms with van der Waals surface area (Å²) < 4.78 is 44.2. The van der Waals surface area contributed by atoms with Crippen molar-refractivity contribution in [2.75, 3.05) is 64.9 Å². The Hall–Kier alpha value is -6.62. The van der Waals surface area contributed by atoms with E-state index in [1.807, 2.05) is 69.8 Å². The zero-order valence-electron chi connectivity index (χ0n) is 53.3. The van der Waals surface area contributed by atoms with E-state index < -0.39 is 39.9 Å². The molecule has 0 radical (unpaired) electrons. The second-order valence-corrected chi connectivity index (χ2v) is 38.0. The number of para-hydroxylation sites is 1. The molecule has 88 heavy (non-hydrogen) atoms. The number of alkyl carbamates (subject to hydrolysis) is 1. The van der Waals surface area contributed by atoms with Gasteiger partial charge in [-0.1, -0.05) is 136 Å². The fourth-order valence-electron chi connectivity index (χ4n) is 10.7. The van der Waals surface area contributed by atoms with E-state index in [-0.39, 0.29) is 35.2 Å². The van der Waals surface area contributed by atoms with Crippen molar-refractivity contribution in [2.45, 2.75) is 142 Å². The minimum Gasteiger partial charge on any atom is -0.491 e. The molecule has 1 fully saturated rings. The maximum atomic E-state index is 15.2. The number of rotatable bonds is 26. The molecular weight excluding hydrogens is 1180 g/mol. The molecule has 4 aromatic carbocycles. The van der Waals surface area contributed by atoms with Crippen molar-refractivity contribution in [2.24, 2.45) is 4.99 Å². The smallest absolute Gasteiger partial charge is 0.407 e. The Morgan fingerprint density at radius 1 is 0.886 bits per heavy atom. The fourth-order valence-corrected chi connectivity index (χ4v) is 18.3. The largest absolute Gasteiger partial charge is 0.491 e. The van der Waals surface area contributed by atoms with Gasteiger partial charge in [-0.05, 0) is 144 Å². The zero-order chi connectivity index (χ0) is 63.2. The van der Waals surface area contributed by atoms with Crippen LogP contribution in [0.2, 0.25) is 30.7 Å². The molecular formula is C67H88FN9O7S2Si2. The highest BCUT2D eigenvalue weighted by Crippen LogP contribution is 2.39. The van der Waals surface area contributed by atoms with Crippen LogP contribution in [0.3, 0.4) is 0 Å². The van der Waals surface area contributed by atoms with Crippen molar-refractivity contribution in [1.82, 2.24) is 34.9 Å². The van der Waals surface area contributed by atoms with Crippen molar-refractivity contribution in [3.05, 3.63) is 142 Å². The molecule has 1 amide bonds. The molecule has 0 aliphatic carbocycles. The van der Waals surface area contributed by atoms with Crippen molar-refractivity contribution >= 4 is 88.5 Å². The first-order valence-corrected chi connectivity index (χ1v) is 37.7. The van der Waals surface area contributed by atoms with Crippen molar-refractivity contribution in [3.8, 4) is 17.6 Å². The molecule has 7 aromatic rings. The molecule has 1 unspecified atom stereocenters. The lowest BCUT2D eigenvalue weighted by atomic mass is 10.0. The van der Waals surface area contributed by atoms with Crippen LogP contribution >= 0.6 is 22.7 Å². The minimum atomic E-state index is -3.08. The average molecular weight is 1270 g/mol. The summed E-state index contributed by atoms with van der Waals surface area (Å²) in [6, 6.07) is 37.2. The SMILES string of the molecule is Cc1cc(N(CCCC(CN2CCC(NC(=O)OC(C)(C)C)CC2)O[Si](c2ccccc2)(c2ccccc2)C(C)(C)C)c2nc(C(=O)O)c(CCCOc3ccc(C#CCN(C)C)cc3F)s2)nnc1/N=c1\sc2ccccc2n1COCC[Si](C)(C)C. The lowest BCUT2D eigenvalue weighted by Crippen LogP contribution is -2.68. The number of carbonyl (C=O) groups is 2. The van der Waals surface area contributed by atoms with Crippen LogP contribution in [-0.2, 0) is 27.1 Å². The Bertz CT molecular complexity index is 3540. The molecule has 21 heteroatoms. The van der Waals surface area contributed by atoms with Gasteiger partial charge in [-0.15, -0.1) is 21.5 Å². The number of halogens is 1. The second-order valence-electron chi connectivity index (χ2n) is 26.1. The predicted octanol–water partition coefficient (Wildman–Crippen LogP) is 12.4. The Balaban J connectivity index is 1.12. The van der Waals surface area contributed by atoms with E-state index in [9.17, 15) is 14.7 Å². The number of likely N-dealkylation sites (tertiary alicyclic amines) is 1. The van der Waals surface area contributed by atoms with Gasteiger partial charge in [0.1, 0.15) is 12.3 Å². The summed E-state index contributed by atoms with van der Waals surface area (Å²) >= 11 is 2.86. The highest BCUT2D eigenvalue weighted by molar-refractivity contribution is 7.16. The molecule has 1 saturated heterocycles. The number of fused-ring (bicyclic) bond motifs is 1. The number of carbonyl (C=O) groups excluding carboxylic acids is 1. The molecule has 470 valence electrons. The van der Waals surface area contributed by atoms with E-state index in [0.717, 1.165) is 52.6 Å². The number of nitrogens with zero attached hydrogens (tertiary/aromatic N) is 8. The van der Waals surface area contributed by atoms with Gasteiger partial charge < -0.3 is 38.9 Å². The van der Waals surface area contributed by atoms with E-state index in [1.54, 1.807) is 23.5 Å². The number of thiazole rings is 2. The molecule has 8 rings (SSSR count). The summed E-state index contributed by atoms with van der Waals surface area (Å²) in [6.07, 6.45) is 2.81. The molecule has 1 aliphatic rings. The third-order valence-electron chi connectivity index (χ3n) is 15.2. The van der Waals surface area contributed by atoms with Gasteiger partial charge >= 0.3 is 12.1 Å². The van der Waals surface area contributed by atoms with Crippen molar-refractivity contribution in [1.29, 1.82) is 0 Å². The predicted molar refractivity (Wildman–Crippen MR) is 358 cm³/mol. The van der Waals surface area contributed by atoms with Crippen LogP contribution in [0.1, 0.15) is 100 Å². The fraction of sp³-hybridized carbons (Fsp3) is 0.463. The highest BCUT2D eigenvalue weighted by Gasteiger charge is 2.51. The summed E-state index contributed by atoms with van der Waals surface area (Å²) in [5.74, 6) is 5.38. The van der Waals surface area contributed by atoms with Gasteiger partial charge in [-0.2, -0.15) is 4.99 Å². The number of piperidine rings is 1. The minimum absolute atomic E-state index is 0.0191. The number of aryl methyl sites for hydroxylation is 2. The maximum Gasteiger partial charge on any atom is 0.407 e. The molecule has 1 aliphatic heterocycles. The van der Waals surface area contributed by atoms with Crippen LogP contribution in [0.25, 0.3) is 10.2 Å². The summed E-state index contributed by atoms with van der Waals surface area (Å²) in [6.45, 7) is 25.7. The number of anilines is 2. The third-order valence-corrected chi connectivity index (χ3v) is 24.1. The first kappa shape index (κ1) is 67.3. The normalized spacial score (nSPS) is 14.2. The number of hydrogen-bond donors (Lipinski definition) is 2. The molecule has 0 spiro atoms. The summed E-state index contributed by atoms with van der Waals surface area (Å²) in [4.78, 5) is 43.6. The van der Waals surface area contributed by atoms with Crippen LogP contribution in [0.4, 0.5) is 26.0 Å². The van der Waals surface area contributed by atoms with Gasteiger partial charge in [0, 0.05) is 57.3 Å². The summed E-state index contributed by atoms with van der Waals surface area (Å²) in [5, 5.41) is 26.0. The van der Waals surface area contributed by atoms with Crippen LogP contribution in [0.5, 0.6) is 5.75 Å². The topological polar surface area (TPSA) is 169 Å². The lowest BCUT2D eigenvalue weighted by Gasteiger charge is -2.46. The second kappa shape index (κ2) is 30.3.